The Kier molecular flexibility index (Phi) is 10.2. The highest BCUT2D eigenvalue weighted by atomic mass is 28.4. The summed E-state index contributed by atoms with van der Waals surface area (Å²) in [4.78, 5) is 0. The van der Waals surface area contributed by atoms with Gasteiger partial charge in [-0.2, -0.15) is 0 Å². The fraction of sp³-hybridized carbons (Fsp3) is 1.00. The molecule has 0 radical (unpaired) electrons. The first-order chi connectivity index (χ1) is 8.95. The monoisotopic (exact) mass is 309 g/mol. The molecule has 0 bridgehead atoms. The smallest absolute Gasteiger partial charge is 0.246 e. The van der Waals surface area contributed by atoms with Crippen LogP contribution in [0.5, 0.6) is 0 Å². The summed E-state index contributed by atoms with van der Waals surface area (Å²) in [6, 6.07) is 4.52. The average Bonchev–Trinajstić information content (AvgIpc) is 2.45. The minimum absolute atomic E-state index is 0.743. The first-order valence-corrected chi connectivity index (χ1v) is 13.0. The van der Waals surface area contributed by atoms with Crippen molar-refractivity contribution in [2.24, 2.45) is 0 Å². The Morgan fingerprint density at radius 2 is 1.00 bits per heavy atom. The van der Waals surface area contributed by atoms with E-state index in [0.717, 1.165) is 62.2 Å². The van der Waals surface area contributed by atoms with Crippen LogP contribution in [0, 0.1) is 0 Å². The fourth-order valence-corrected chi connectivity index (χ4v) is 6.43. The van der Waals surface area contributed by atoms with Gasteiger partial charge in [0.1, 0.15) is 0 Å². The van der Waals surface area contributed by atoms with E-state index in [-0.39, 0.29) is 0 Å². The van der Waals surface area contributed by atoms with Crippen LogP contribution in [0.25, 0.3) is 0 Å². The summed E-state index contributed by atoms with van der Waals surface area (Å²) in [5.41, 5.74) is 0. The maximum absolute atomic E-state index is 14.1. The van der Waals surface area contributed by atoms with Crippen LogP contribution in [-0.2, 0) is 0 Å². The van der Waals surface area contributed by atoms with Crippen LogP contribution in [0.3, 0.4) is 0 Å². The molecule has 0 heterocycles. The molecule has 0 saturated heterocycles. The topological polar surface area (TPSA) is 12.0 Å². The standard InChI is InChI=1S/C14H33F2NSi2/c1-5-18(15,6-2)13-9-11-17-12-10-14-19(16,7-3)8-4/h17H,5-14H2,1-4H3. The maximum Gasteiger partial charge on any atom is 0.246 e. The van der Waals surface area contributed by atoms with Crippen molar-refractivity contribution in [1.29, 1.82) is 0 Å². The zero-order valence-corrected chi connectivity index (χ0v) is 15.3. The molecule has 1 nitrogen and oxygen atoms in total. The Hall–Kier alpha value is 0.254. The van der Waals surface area contributed by atoms with E-state index in [1.165, 1.54) is 0 Å². The van der Waals surface area contributed by atoms with Crippen molar-refractivity contribution in [3.8, 4) is 0 Å². The molecule has 5 heteroatoms. The Morgan fingerprint density at radius 3 is 1.26 bits per heavy atom. The van der Waals surface area contributed by atoms with Gasteiger partial charge in [0.25, 0.3) is 0 Å². The molecule has 0 spiro atoms. The van der Waals surface area contributed by atoms with Crippen molar-refractivity contribution in [3.63, 3.8) is 0 Å². The predicted molar refractivity (Wildman–Crippen MR) is 87.4 cm³/mol. The quantitative estimate of drug-likeness (QED) is 0.294. The summed E-state index contributed by atoms with van der Waals surface area (Å²) in [5, 5.41) is 3.34. The summed E-state index contributed by atoms with van der Waals surface area (Å²) in [7, 11) is -4.80. The number of hydrogen-bond acceptors (Lipinski definition) is 1. The lowest BCUT2D eigenvalue weighted by Gasteiger charge is -2.19. The lowest BCUT2D eigenvalue weighted by Crippen LogP contribution is -2.29. The first-order valence-electron chi connectivity index (χ1n) is 8.03. The second kappa shape index (κ2) is 10.0. The summed E-state index contributed by atoms with van der Waals surface area (Å²) >= 11 is 0. The van der Waals surface area contributed by atoms with Crippen LogP contribution >= 0.6 is 0 Å². The van der Waals surface area contributed by atoms with Crippen LogP contribution in [-0.4, -0.2) is 29.9 Å². The molecule has 0 unspecified atom stereocenters. The predicted octanol–water partition coefficient (Wildman–Crippen LogP) is 5.27. The minimum Gasteiger partial charge on any atom is -0.317 e. The van der Waals surface area contributed by atoms with Gasteiger partial charge in [-0.05, 0) is 62.2 Å². The lowest BCUT2D eigenvalue weighted by atomic mass is 10.4. The molecule has 116 valence electrons. The molecule has 0 aliphatic heterocycles. The number of halogens is 2. The minimum atomic E-state index is -2.40. The van der Waals surface area contributed by atoms with Gasteiger partial charge in [0.05, 0.1) is 0 Å². The highest BCUT2D eigenvalue weighted by molar-refractivity contribution is 6.73. The van der Waals surface area contributed by atoms with Crippen LogP contribution in [0.1, 0.15) is 40.5 Å². The van der Waals surface area contributed by atoms with E-state index < -0.39 is 16.8 Å². The molecule has 0 amide bonds. The highest BCUT2D eigenvalue weighted by Crippen LogP contribution is 2.24. The van der Waals surface area contributed by atoms with Crippen molar-refractivity contribution >= 4 is 16.8 Å². The second-order valence-electron chi connectivity index (χ2n) is 5.67. The zero-order chi connectivity index (χ0) is 14.8. The van der Waals surface area contributed by atoms with Crippen molar-refractivity contribution in [2.45, 2.75) is 76.8 Å². The number of hydrogen-bond donors (Lipinski definition) is 1. The molecule has 0 aliphatic carbocycles. The average molecular weight is 310 g/mol. The van der Waals surface area contributed by atoms with E-state index in [1.807, 2.05) is 27.7 Å². The molecular weight excluding hydrogens is 276 g/mol. The molecular formula is C14H33F2NSi2. The van der Waals surface area contributed by atoms with E-state index in [2.05, 4.69) is 5.32 Å². The molecule has 0 aromatic heterocycles. The Balaban J connectivity index is 3.56. The Bertz CT molecular complexity index is 197. The third-order valence-corrected chi connectivity index (χ3v) is 12.1. The van der Waals surface area contributed by atoms with Gasteiger partial charge >= 0.3 is 0 Å². The molecule has 0 aliphatic rings. The third-order valence-electron chi connectivity index (χ3n) is 4.49. The van der Waals surface area contributed by atoms with Gasteiger partial charge in [-0.3, -0.25) is 0 Å². The van der Waals surface area contributed by atoms with Crippen molar-refractivity contribution in [2.75, 3.05) is 13.1 Å². The normalized spacial score (nSPS) is 12.9. The zero-order valence-electron chi connectivity index (χ0n) is 13.3. The van der Waals surface area contributed by atoms with Crippen LogP contribution in [0.4, 0.5) is 8.22 Å². The summed E-state index contributed by atoms with van der Waals surface area (Å²) in [5.74, 6) is 0. The van der Waals surface area contributed by atoms with Crippen molar-refractivity contribution in [3.05, 3.63) is 0 Å². The van der Waals surface area contributed by atoms with E-state index in [0.29, 0.717) is 0 Å². The summed E-state index contributed by atoms with van der Waals surface area (Å²) in [6.07, 6.45) is 1.87. The molecule has 0 aromatic rings. The maximum atomic E-state index is 14.1. The van der Waals surface area contributed by atoms with Gasteiger partial charge in [-0.15, -0.1) is 0 Å². The number of nitrogens with one attached hydrogen (secondary N) is 1. The van der Waals surface area contributed by atoms with Crippen LogP contribution < -0.4 is 5.32 Å². The SMILES string of the molecule is CC[Si](F)(CC)CCCNCCC[Si](F)(CC)CC. The van der Waals surface area contributed by atoms with E-state index in [1.54, 1.807) is 0 Å². The molecule has 19 heavy (non-hydrogen) atoms. The van der Waals surface area contributed by atoms with E-state index in [9.17, 15) is 8.22 Å². The molecule has 0 saturated carbocycles. The van der Waals surface area contributed by atoms with Crippen molar-refractivity contribution in [1.82, 2.24) is 5.32 Å². The summed E-state index contributed by atoms with van der Waals surface area (Å²) < 4.78 is 28.3. The second-order valence-corrected chi connectivity index (χ2v) is 14.1. The largest absolute Gasteiger partial charge is 0.317 e. The van der Waals surface area contributed by atoms with Gasteiger partial charge in [-0.25, -0.2) is 0 Å². The lowest BCUT2D eigenvalue weighted by molar-refractivity contribution is 0.629. The van der Waals surface area contributed by atoms with Gasteiger partial charge in [0.15, 0.2) is 0 Å². The molecule has 0 fully saturated rings. The van der Waals surface area contributed by atoms with Crippen molar-refractivity contribution < 1.29 is 8.22 Å². The Morgan fingerprint density at radius 1 is 0.684 bits per heavy atom. The van der Waals surface area contributed by atoms with Gasteiger partial charge in [0.2, 0.25) is 16.8 Å². The fourth-order valence-electron chi connectivity index (χ4n) is 2.39. The molecule has 0 rings (SSSR count). The van der Waals surface area contributed by atoms with Gasteiger partial charge in [0, 0.05) is 0 Å². The van der Waals surface area contributed by atoms with E-state index in [4.69, 9.17) is 0 Å². The van der Waals surface area contributed by atoms with Gasteiger partial charge in [-0.1, -0.05) is 27.7 Å². The summed E-state index contributed by atoms with van der Waals surface area (Å²) in [6.45, 7) is 9.68. The van der Waals surface area contributed by atoms with Crippen LogP contribution in [0.15, 0.2) is 0 Å². The van der Waals surface area contributed by atoms with Gasteiger partial charge < -0.3 is 13.5 Å². The Labute approximate surface area is 120 Å². The number of rotatable bonds is 12. The molecule has 0 aromatic carbocycles. The highest BCUT2D eigenvalue weighted by Gasteiger charge is 2.29. The molecule has 1 N–H and O–H groups in total. The first kappa shape index (κ1) is 19.3. The molecule has 0 atom stereocenters. The van der Waals surface area contributed by atoms with Crippen LogP contribution in [0.2, 0.25) is 36.3 Å². The van der Waals surface area contributed by atoms with E-state index >= 15 is 0 Å². The third kappa shape index (κ3) is 8.20.